The largest absolute Gasteiger partial charge is 0.497 e. The average Bonchev–Trinajstić information content (AvgIpc) is 3.46. The number of hydrogen-bond donors (Lipinski definition) is 1. The summed E-state index contributed by atoms with van der Waals surface area (Å²) < 4.78 is 16.3. The minimum Gasteiger partial charge on any atom is -0.497 e. The van der Waals surface area contributed by atoms with Crippen LogP contribution >= 0.6 is 11.3 Å². The quantitative estimate of drug-likeness (QED) is 0.599. The van der Waals surface area contributed by atoms with Gasteiger partial charge in [0.15, 0.2) is 5.76 Å². The van der Waals surface area contributed by atoms with E-state index in [9.17, 15) is 4.79 Å². The summed E-state index contributed by atoms with van der Waals surface area (Å²) in [6, 6.07) is 13.7. The van der Waals surface area contributed by atoms with Crippen LogP contribution in [0.4, 0.5) is 5.00 Å². The van der Waals surface area contributed by atoms with Crippen LogP contribution in [-0.4, -0.2) is 44.2 Å². The zero-order chi connectivity index (χ0) is 20.9. The minimum absolute atomic E-state index is 0.00699. The number of methoxy groups -OCH3 is 1. The van der Waals surface area contributed by atoms with Gasteiger partial charge in [0.25, 0.3) is 5.91 Å². The summed E-state index contributed by atoms with van der Waals surface area (Å²) in [4.78, 5) is 16.3. The fourth-order valence-corrected chi connectivity index (χ4v) is 4.76. The van der Waals surface area contributed by atoms with Gasteiger partial charge in [-0.2, -0.15) is 0 Å². The fourth-order valence-electron chi connectivity index (χ4n) is 3.74. The third-order valence-corrected chi connectivity index (χ3v) is 6.46. The lowest BCUT2D eigenvalue weighted by molar-refractivity contribution is 0.0241. The summed E-state index contributed by atoms with van der Waals surface area (Å²) in [5, 5.41) is 3.94. The lowest BCUT2D eigenvalue weighted by Gasteiger charge is -2.35. The first-order valence-electron chi connectivity index (χ1n) is 10.1. The standard InChI is InChI=1S/C23H26N2O4S/c1-3-18-15-19(23(30-18)24-22(26)20-8-5-11-29-20)21(25-9-12-28-13-10-25)16-6-4-7-17(14-16)27-2/h4-8,11,14-15,21H,3,9-10,12-13H2,1-2H3,(H,24,26). The van der Waals surface area contributed by atoms with Crippen LogP contribution in [0, 0.1) is 0 Å². The summed E-state index contributed by atoms with van der Waals surface area (Å²) >= 11 is 1.62. The van der Waals surface area contributed by atoms with Crippen molar-refractivity contribution in [3.05, 3.63) is 70.5 Å². The van der Waals surface area contributed by atoms with Gasteiger partial charge in [-0.3, -0.25) is 9.69 Å². The zero-order valence-electron chi connectivity index (χ0n) is 17.2. The van der Waals surface area contributed by atoms with Gasteiger partial charge in [-0.25, -0.2) is 0 Å². The second kappa shape index (κ2) is 9.47. The maximum atomic E-state index is 12.7. The van der Waals surface area contributed by atoms with E-state index in [1.165, 1.54) is 11.1 Å². The van der Waals surface area contributed by atoms with Gasteiger partial charge >= 0.3 is 0 Å². The average molecular weight is 427 g/mol. The van der Waals surface area contributed by atoms with Gasteiger partial charge in [-0.1, -0.05) is 19.1 Å². The fraction of sp³-hybridized carbons (Fsp3) is 0.348. The molecule has 0 saturated carbocycles. The number of hydrogen-bond acceptors (Lipinski definition) is 6. The molecule has 1 saturated heterocycles. The first-order valence-corrected chi connectivity index (χ1v) is 10.9. The van der Waals surface area contributed by atoms with Crippen molar-refractivity contribution in [2.75, 3.05) is 38.7 Å². The first-order chi connectivity index (χ1) is 14.7. The molecule has 6 nitrogen and oxygen atoms in total. The van der Waals surface area contributed by atoms with Crippen LogP contribution in [0.1, 0.15) is 39.5 Å². The predicted molar refractivity (Wildman–Crippen MR) is 118 cm³/mol. The van der Waals surface area contributed by atoms with Crippen LogP contribution in [-0.2, 0) is 11.2 Å². The number of furan rings is 1. The van der Waals surface area contributed by atoms with E-state index in [0.717, 1.165) is 41.4 Å². The van der Waals surface area contributed by atoms with Gasteiger partial charge in [0.05, 0.1) is 32.6 Å². The number of carbonyl (C=O) groups is 1. The number of anilines is 1. The number of ether oxygens (including phenoxy) is 2. The van der Waals surface area contributed by atoms with E-state index in [-0.39, 0.29) is 11.9 Å². The second-order valence-electron chi connectivity index (χ2n) is 7.11. The molecular weight excluding hydrogens is 400 g/mol. The second-order valence-corrected chi connectivity index (χ2v) is 8.25. The molecule has 2 aromatic heterocycles. The smallest absolute Gasteiger partial charge is 0.291 e. The van der Waals surface area contributed by atoms with Crippen molar-refractivity contribution < 1.29 is 18.7 Å². The third kappa shape index (κ3) is 4.43. The maximum Gasteiger partial charge on any atom is 0.291 e. The third-order valence-electron chi connectivity index (χ3n) is 5.25. The van der Waals surface area contributed by atoms with Crippen LogP contribution in [0.2, 0.25) is 0 Å². The van der Waals surface area contributed by atoms with Crippen LogP contribution < -0.4 is 10.1 Å². The Bertz CT molecular complexity index is 977. The molecule has 1 N–H and O–H groups in total. The van der Waals surface area contributed by atoms with Crippen LogP contribution in [0.5, 0.6) is 5.75 Å². The Morgan fingerprint density at radius 3 is 2.77 bits per heavy atom. The molecule has 7 heteroatoms. The van der Waals surface area contributed by atoms with Gasteiger partial charge in [-0.05, 0) is 42.3 Å². The molecule has 3 aromatic rings. The Morgan fingerprint density at radius 1 is 1.23 bits per heavy atom. The molecule has 1 aliphatic heterocycles. The highest BCUT2D eigenvalue weighted by Crippen LogP contribution is 2.40. The van der Waals surface area contributed by atoms with E-state index >= 15 is 0 Å². The monoisotopic (exact) mass is 426 g/mol. The lowest BCUT2D eigenvalue weighted by atomic mass is 9.97. The normalized spacial score (nSPS) is 15.7. The van der Waals surface area contributed by atoms with Crippen LogP contribution in [0.15, 0.2) is 53.1 Å². The molecule has 1 aromatic carbocycles. The van der Waals surface area contributed by atoms with Gasteiger partial charge < -0.3 is 19.2 Å². The molecule has 4 rings (SSSR count). The van der Waals surface area contributed by atoms with E-state index < -0.39 is 0 Å². The van der Waals surface area contributed by atoms with Crippen molar-refractivity contribution in [3.8, 4) is 5.75 Å². The summed E-state index contributed by atoms with van der Waals surface area (Å²) in [6.45, 7) is 5.16. The van der Waals surface area contributed by atoms with E-state index in [1.54, 1.807) is 30.6 Å². The molecule has 1 unspecified atom stereocenters. The molecule has 3 heterocycles. The Morgan fingerprint density at radius 2 is 2.07 bits per heavy atom. The van der Waals surface area contributed by atoms with Crippen molar-refractivity contribution in [2.24, 2.45) is 0 Å². The Kier molecular flexibility index (Phi) is 6.52. The molecule has 1 aliphatic rings. The summed E-state index contributed by atoms with van der Waals surface area (Å²) in [6.07, 6.45) is 2.41. The van der Waals surface area contributed by atoms with Gasteiger partial charge in [0.1, 0.15) is 10.8 Å². The molecular formula is C23H26N2O4S. The molecule has 1 fully saturated rings. The molecule has 0 radical (unpaired) electrons. The number of nitrogens with one attached hydrogen (secondary N) is 1. The highest BCUT2D eigenvalue weighted by molar-refractivity contribution is 7.16. The molecule has 0 bridgehead atoms. The molecule has 158 valence electrons. The minimum atomic E-state index is -0.239. The molecule has 1 amide bonds. The number of benzene rings is 1. The summed E-state index contributed by atoms with van der Waals surface area (Å²) in [5.41, 5.74) is 2.22. The van der Waals surface area contributed by atoms with Crippen molar-refractivity contribution >= 4 is 22.2 Å². The van der Waals surface area contributed by atoms with E-state index in [4.69, 9.17) is 13.9 Å². The Labute approximate surface area is 180 Å². The van der Waals surface area contributed by atoms with E-state index in [2.05, 4.69) is 35.3 Å². The Hall–Kier alpha value is -2.61. The highest BCUT2D eigenvalue weighted by Gasteiger charge is 2.29. The first kappa shape index (κ1) is 20.7. The summed E-state index contributed by atoms with van der Waals surface area (Å²) in [5.74, 6) is 0.881. The topological polar surface area (TPSA) is 63.9 Å². The zero-order valence-corrected chi connectivity index (χ0v) is 18.0. The van der Waals surface area contributed by atoms with Crippen molar-refractivity contribution in [1.29, 1.82) is 0 Å². The molecule has 0 aliphatic carbocycles. The molecule has 1 atom stereocenters. The maximum absolute atomic E-state index is 12.7. The number of morpholine rings is 1. The number of carbonyl (C=O) groups excluding carboxylic acids is 1. The summed E-state index contributed by atoms with van der Waals surface area (Å²) in [7, 11) is 1.68. The van der Waals surface area contributed by atoms with E-state index in [1.807, 2.05) is 12.1 Å². The van der Waals surface area contributed by atoms with Gasteiger partial charge in [0.2, 0.25) is 0 Å². The van der Waals surface area contributed by atoms with Crippen LogP contribution in [0.25, 0.3) is 0 Å². The van der Waals surface area contributed by atoms with Crippen molar-refractivity contribution in [1.82, 2.24) is 4.90 Å². The molecule has 0 spiro atoms. The van der Waals surface area contributed by atoms with Gasteiger partial charge in [0, 0.05) is 23.5 Å². The van der Waals surface area contributed by atoms with Crippen molar-refractivity contribution in [3.63, 3.8) is 0 Å². The predicted octanol–water partition coefficient (Wildman–Crippen LogP) is 4.59. The van der Waals surface area contributed by atoms with Crippen LogP contribution in [0.3, 0.4) is 0 Å². The number of thiophene rings is 1. The number of rotatable bonds is 7. The Balaban J connectivity index is 1.75. The number of amides is 1. The molecule has 30 heavy (non-hydrogen) atoms. The number of nitrogens with zero attached hydrogens (tertiary/aromatic N) is 1. The lowest BCUT2D eigenvalue weighted by Crippen LogP contribution is -2.39. The SMILES string of the molecule is CCc1cc(C(c2cccc(OC)c2)N2CCOCC2)c(NC(=O)c2ccco2)s1. The highest BCUT2D eigenvalue weighted by atomic mass is 32.1. The van der Waals surface area contributed by atoms with Crippen molar-refractivity contribution in [2.45, 2.75) is 19.4 Å². The van der Waals surface area contributed by atoms with Gasteiger partial charge in [-0.15, -0.1) is 11.3 Å². The number of aryl methyl sites for hydroxylation is 1. The van der Waals surface area contributed by atoms with E-state index in [0.29, 0.717) is 19.0 Å².